The summed E-state index contributed by atoms with van der Waals surface area (Å²) in [4.78, 5) is 2.34. The normalized spacial score (nSPS) is 14.4. The highest BCUT2D eigenvalue weighted by molar-refractivity contribution is 5.92. The maximum atomic E-state index is 2.44. The molecular weight excluding hydrogens is 518 g/mol. The molecule has 7 rings (SSSR count). The first kappa shape index (κ1) is 27.0. The predicted octanol–water partition coefficient (Wildman–Crippen LogP) is 11.7. The van der Waals surface area contributed by atoms with Gasteiger partial charge in [0.05, 0.1) is 0 Å². The van der Waals surface area contributed by atoms with Crippen LogP contribution in [0.5, 0.6) is 0 Å². The van der Waals surface area contributed by atoms with Crippen molar-refractivity contribution in [3.63, 3.8) is 0 Å². The number of hydrogen-bond donors (Lipinski definition) is 0. The second kappa shape index (κ2) is 10.4. The van der Waals surface area contributed by atoms with Gasteiger partial charge in [0.1, 0.15) is 0 Å². The molecule has 0 heterocycles. The average molecular weight is 556 g/mol. The summed E-state index contributed by atoms with van der Waals surface area (Å²) in [5, 5.41) is 0. The van der Waals surface area contributed by atoms with E-state index in [2.05, 4.69) is 184 Å². The minimum absolute atomic E-state index is 0.0575. The lowest BCUT2D eigenvalue weighted by Crippen LogP contribution is -2.43. The first-order chi connectivity index (χ1) is 20.9. The van der Waals surface area contributed by atoms with E-state index in [9.17, 15) is 0 Å². The summed E-state index contributed by atoms with van der Waals surface area (Å²) in [6.45, 7) is 9.65. The van der Waals surface area contributed by atoms with E-state index in [1.54, 1.807) is 0 Å². The third kappa shape index (κ3) is 4.48. The molecule has 0 fully saturated rings. The molecular formula is C42H37N. The van der Waals surface area contributed by atoms with Gasteiger partial charge in [-0.1, -0.05) is 137 Å². The van der Waals surface area contributed by atoms with Crippen LogP contribution in [0.25, 0.3) is 33.4 Å². The molecule has 0 spiro atoms. The van der Waals surface area contributed by atoms with Crippen molar-refractivity contribution in [1.29, 1.82) is 0 Å². The Hall–Kier alpha value is -4.88. The van der Waals surface area contributed by atoms with Crippen LogP contribution in [0, 0.1) is 0 Å². The van der Waals surface area contributed by atoms with Crippen molar-refractivity contribution < 1.29 is 0 Å². The molecule has 0 N–H and O–H groups in total. The molecule has 1 aliphatic rings. The summed E-state index contributed by atoms with van der Waals surface area (Å²) in [5.41, 5.74) is 13.8. The van der Waals surface area contributed by atoms with Crippen molar-refractivity contribution in [3.05, 3.63) is 163 Å². The number of nitrogens with zero attached hydrogens (tertiary/aromatic N) is 1. The van der Waals surface area contributed by atoms with Crippen molar-refractivity contribution in [2.45, 2.75) is 38.5 Å². The Morgan fingerprint density at radius 1 is 0.372 bits per heavy atom. The Labute approximate surface area is 256 Å². The van der Waals surface area contributed by atoms with Gasteiger partial charge in [-0.05, 0) is 97.8 Å². The summed E-state index contributed by atoms with van der Waals surface area (Å²) >= 11 is 0. The number of anilines is 3. The van der Waals surface area contributed by atoms with Crippen LogP contribution in [0.1, 0.15) is 38.8 Å². The Bertz CT molecular complexity index is 1860. The van der Waals surface area contributed by atoms with E-state index in [1.165, 1.54) is 44.5 Å². The van der Waals surface area contributed by atoms with E-state index in [0.29, 0.717) is 0 Å². The summed E-state index contributed by atoms with van der Waals surface area (Å²) in [5.74, 6) is 0. The molecule has 0 bridgehead atoms. The standard InChI is InChI=1S/C42H37N/c1-41(2)38-25-15-24-36(40(38)37-27-26-31(29-39(37)42(41,3)4)30-16-8-5-9-17-30)32-18-14-23-35(28-32)43(33-19-10-6-11-20-33)34-21-12-7-13-22-34/h5-29H,1-4H3. The number of hydrogen-bond acceptors (Lipinski definition) is 1. The summed E-state index contributed by atoms with van der Waals surface area (Å²) < 4.78 is 0. The Morgan fingerprint density at radius 3 is 1.56 bits per heavy atom. The molecule has 43 heavy (non-hydrogen) atoms. The van der Waals surface area contributed by atoms with Crippen LogP contribution >= 0.6 is 0 Å². The highest BCUT2D eigenvalue weighted by Crippen LogP contribution is 2.56. The van der Waals surface area contributed by atoms with Crippen LogP contribution in [0.2, 0.25) is 0 Å². The fourth-order valence-corrected chi connectivity index (χ4v) is 6.78. The zero-order chi connectivity index (χ0) is 29.6. The molecule has 0 atom stereocenters. The Balaban J connectivity index is 1.43. The first-order valence-corrected chi connectivity index (χ1v) is 15.2. The topological polar surface area (TPSA) is 3.24 Å². The van der Waals surface area contributed by atoms with Gasteiger partial charge in [0, 0.05) is 17.1 Å². The molecule has 1 aliphatic carbocycles. The minimum Gasteiger partial charge on any atom is -0.310 e. The van der Waals surface area contributed by atoms with E-state index < -0.39 is 0 Å². The number of benzene rings is 6. The van der Waals surface area contributed by atoms with E-state index in [0.717, 1.165) is 17.1 Å². The van der Waals surface area contributed by atoms with Crippen LogP contribution in [0.15, 0.2) is 152 Å². The fraction of sp³-hybridized carbons (Fsp3) is 0.143. The number of fused-ring (bicyclic) bond motifs is 3. The van der Waals surface area contributed by atoms with Crippen molar-refractivity contribution in [2.75, 3.05) is 4.90 Å². The molecule has 0 aliphatic heterocycles. The van der Waals surface area contributed by atoms with E-state index >= 15 is 0 Å². The van der Waals surface area contributed by atoms with Crippen LogP contribution in [-0.2, 0) is 10.8 Å². The van der Waals surface area contributed by atoms with Gasteiger partial charge in [-0.15, -0.1) is 0 Å². The lowest BCUT2D eigenvalue weighted by Gasteiger charge is -2.49. The third-order valence-electron chi connectivity index (χ3n) is 9.81. The van der Waals surface area contributed by atoms with Crippen molar-refractivity contribution >= 4 is 17.1 Å². The predicted molar refractivity (Wildman–Crippen MR) is 183 cm³/mol. The maximum absolute atomic E-state index is 2.44. The van der Waals surface area contributed by atoms with Crippen LogP contribution in [-0.4, -0.2) is 0 Å². The molecule has 0 amide bonds. The first-order valence-electron chi connectivity index (χ1n) is 15.2. The SMILES string of the molecule is CC1(C)c2cc(-c3ccccc3)ccc2-c2c(-c3cccc(N(c4ccccc4)c4ccccc4)c3)cccc2C1(C)C. The number of rotatable bonds is 5. The molecule has 6 aromatic rings. The van der Waals surface area contributed by atoms with Crippen molar-refractivity contribution in [2.24, 2.45) is 0 Å². The smallest absolute Gasteiger partial charge is 0.0467 e. The lowest BCUT2D eigenvalue weighted by atomic mass is 9.54. The largest absolute Gasteiger partial charge is 0.310 e. The second-order valence-electron chi connectivity index (χ2n) is 12.7. The molecule has 0 saturated heterocycles. The lowest BCUT2D eigenvalue weighted by molar-refractivity contribution is 0.299. The maximum Gasteiger partial charge on any atom is 0.0467 e. The van der Waals surface area contributed by atoms with E-state index in [1.807, 2.05) is 0 Å². The van der Waals surface area contributed by atoms with Crippen molar-refractivity contribution in [3.8, 4) is 33.4 Å². The highest BCUT2D eigenvalue weighted by atomic mass is 15.1. The summed E-state index contributed by atoms with van der Waals surface area (Å²) in [6.07, 6.45) is 0. The van der Waals surface area contributed by atoms with E-state index in [4.69, 9.17) is 0 Å². The van der Waals surface area contributed by atoms with Gasteiger partial charge in [0.25, 0.3) is 0 Å². The average Bonchev–Trinajstić information content (AvgIpc) is 3.05. The fourth-order valence-electron chi connectivity index (χ4n) is 6.78. The molecule has 1 nitrogen and oxygen atoms in total. The van der Waals surface area contributed by atoms with Gasteiger partial charge in [-0.3, -0.25) is 0 Å². The third-order valence-corrected chi connectivity index (χ3v) is 9.81. The van der Waals surface area contributed by atoms with Gasteiger partial charge < -0.3 is 4.90 Å². The Morgan fingerprint density at radius 2 is 0.907 bits per heavy atom. The quantitative estimate of drug-likeness (QED) is 0.204. The molecule has 0 radical (unpaired) electrons. The monoisotopic (exact) mass is 555 g/mol. The van der Waals surface area contributed by atoms with Gasteiger partial charge in [0.15, 0.2) is 0 Å². The molecule has 210 valence electrons. The van der Waals surface area contributed by atoms with Crippen LogP contribution in [0.3, 0.4) is 0 Å². The molecule has 1 heteroatoms. The van der Waals surface area contributed by atoms with Crippen LogP contribution in [0.4, 0.5) is 17.1 Å². The highest BCUT2D eigenvalue weighted by Gasteiger charge is 2.46. The molecule has 0 unspecified atom stereocenters. The van der Waals surface area contributed by atoms with Gasteiger partial charge >= 0.3 is 0 Å². The molecule has 0 saturated carbocycles. The zero-order valence-electron chi connectivity index (χ0n) is 25.4. The number of para-hydroxylation sites is 2. The van der Waals surface area contributed by atoms with Gasteiger partial charge in [-0.2, -0.15) is 0 Å². The Kier molecular flexibility index (Phi) is 6.55. The van der Waals surface area contributed by atoms with Crippen molar-refractivity contribution in [1.82, 2.24) is 0 Å². The summed E-state index contributed by atoms with van der Waals surface area (Å²) in [7, 11) is 0. The van der Waals surface area contributed by atoms with Crippen LogP contribution < -0.4 is 4.90 Å². The van der Waals surface area contributed by atoms with Gasteiger partial charge in [-0.25, -0.2) is 0 Å². The molecule has 6 aromatic carbocycles. The van der Waals surface area contributed by atoms with E-state index in [-0.39, 0.29) is 10.8 Å². The second-order valence-corrected chi connectivity index (χ2v) is 12.7. The molecule has 0 aromatic heterocycles. The van der Waals surface area contributed by atoms with Gasteiger partial charge in [0.2, 0.25) is 0 Å². The minimum atomic E-state index is -0.0711. The zero-order valence-corrected chi connectivity index (χ0v) is 25.4. The summed E-state index contributed by atoms with van der Waals surface area (Å²) in [6, 6.07) is 55.0.